The monoisotopic (exact) mass is 243 g/mol. The van der Waals surface area contributed by atoms with E-state index in [1.165, 1.54) is 14.0 Å². The Kier molecular flexibility index (Phi) is 4.87. The number of carbonyl (C=O) groups excluding carboxylic acids is 1. The molecule has 1 rings (SSSR count). The minimum absolute atomic E-state index is 0.191. The number of rotatable bonds is 6. The van der Waals surface area contributed by atoms with E-state index in [-0.39, 0.29) is 12.2 Å². The fourth-order valence-corrected chi connectivity index (χ4v) is 1.41. The number of methoxy groups -OCH3 is 1. The highest BCUT2D eigenvalue weighted by atomic mass is 19.3. The zero-order chi connectivity index (χ0) is 12.8. The number of Topliss-reactive ketones (excluding diaryl/α,β-unsaturated/α-hetero) is 1. The van der Waals surface area contributed by atoms with E-state index >= 15 is 0 Å². The Labute approximate surface area is 98.8 Å². The molecule has 0 bridgehead atoms. The average Bonchev–Trinajstić information content (AvgIpc) is 2.28. The minimum atomic E-state index is -2.58. The Hall–Kier alpha value is -1.65. The number of nitrogens with one attached hydrogen (secondary N) is 1. The first-order valence-corrected chi connectivity index (χ1v) is 5.21. The number of benzene rings is 1. The molecule has 0 aliphatic rings. The van der Waals surface area contributed by atoms with Gasteiger partial charge in [-0.3, -0.25) is 4.79 Å². The number of carbonyl (C=O) groups is 1. The van der Waals surface area contributed by atoms with E-state index in [1.54, 1.807) is 24.3 Å². The summed E-state index contributed by atoms with van der Waals surface area (Å²) < 4.78 is 30.3. The van der Waals surface area contributed by atoms with Gasteiger partial charge in [0.05, 0.1) is 13.2 Å². The van der Waals surface area contributed by atoms with E-state index in [0.29, 0.717) is 11.4 Å². The van der Waals surface area contributed by atoms with Crippen LogP contribution in [0.1, 0.15) is 13.3 Å². The highest BCUT2D eigenvalue weighted by Crippen LogP contribution is 2.18. The standard InChI is InChI=1S/C12H15F2NO2/c1-8(16)7-11(12(13)14)15-9-3-5-10(17-2)6-4-9/h3-6,11-12,15H,7H2,1-2H3/t11-/m0/s1. The van der Waals surface area contributed by atoms with Crippen LogP contribution in [-0.2, 0) is 4.79 Å². The summed E-state index contributed by atoms with van der Waals surface area (Å²) in [6.45, 7) is 1.30. The van der Waals surface area contributed by atoms with Crippen molar-refractivity contribution < 1.29 is 18.3 Å². The molecule has 0 aliphatic carbocycles. The molecule has 1 aromatic rings. The van der Waals surface area contributed by atoms with Crippen LogP contribution in [0, 0.1) is 0 Å². The molecule has 1 aromatic carbocycles. The normalized spacial score (nSPS) is 12.3. The van der Waals surface area contributed by atoms with Gasteiger partial charge in [-0.05, 0) is 31.2 Å². The fraction of sp³-hybridized carbons (Fsp3) is 0.417. The molecule has 17 heavy (non-hydrogen) atoms. The molecular formula is C12H15F2NO2. The lowest BCUT2D eigenvalue weighted by molar-refractivity contribution is -0.117. The number of anilines is 1. The van der Waals surface area contributed by atoms with Crippen molar-refractivity contribution >= 4 is 11.5 Å². The van der Waals surface area contributed by atoms with Crippen molar-refractivity contribution in [3.05, 3.63) is 24.3 Å². The van der Waals surface area contributed by atoms with E-state index in [4.69, 9.17) is 4.74 Å². The van der Waals surface area contributed by atoms with Crippen LogP contribution >= 0.6 is 0 Å². The van der Waals surface area contributed by atoms with Gasteiger partial charge < -0.3 is 10.1 Å². The smallest absolute Gasteiger partial charge is 0.258 e. The largest absolute Gasteiger partial charge is 0.497 e. The molecule has 0 unspecified atom stereocenters. The number of ether oxygens (including phenoxy) is 1. The Morgan fingerprint density at radius 1 is 1.35 bits per heavy atom. The topological polar surface area (TPSA) is 38.3 Å². The van der Waals surface area contributed by atoms with Crippen molar-refractivity contribution in [2.24, 2.45) is 0 Å². The number of ketones is 1. The van der Waals surface area contributed by atoms with Crippen LogP contribution in [0.15, 0.2) is 24.3 Å². The first kappa shape index (κ1) is 13.4. The third-order valence-electron chi connectivity index (χ3n) is 2.25. The fourth-order valence-electron chi connectivity index (χ4n) is 1.41. The van der Waals surface area contributed by atoms with Crippen LogP contribution in [0.3, 0.4) is 0 Å². The molecule has 1 N–H and O–H groups in total. The molecule has 5 heteroatoms. The summed E-state index contributed by atoms with van der Waals surface area (Å²) in [5.41, 5.74) is 0.539. The molecule has 0 radical (unpaired) electrons. The van der Waals surface area contributed by atoms with Gasteiger partial charge in [0.2, 0.25) is 0 Å². The second-order valence-corrected chi connectivity index (χ2v) is 3.72. The predicted molar refractivity (Wildman–Crippen MR) is 61.7 cm³/mol. The summed E-state index contributed by atoms with van der Waals surface area (Å²) in [4.78, 5) is 10.9. The average molecular weight is 243 g/mol. The molecular weight excluding hydrogens is 228 g/mol. The maximum Gasteiger partial charge on any atom is 0.258 e. The summed E-state index contributed by atoms with van der Waals surface area (Å²) in [7, 11) is 1.53. The highest BCUT2D eigenvalue weighted by molar-refractivity contribution is 5.76. The predicted octanol–water partition coefficient (Wildman–Crippen LogP) is 2.72. The molecule has 0 spiro atoms. The van der Waals surface area contributed by atoms with E-state index in [0.717, 1.165) is 0 Å². The number of hydrogen-bond acceptors (Lipinski definition) is 3. The van der Waals surface area contributed by atoms with Crippen LogP contribution in [0.2, 0.25) is 0 Å². The molecule has 0 amide bonds. The number of halogens is 2. The van der Waals surface area contributed by atoms with Crippen LogP contribution in [-0.4, -0.2) is 25.4 Å². The van der Waals surface area contributed by atoms with E-state index in [9.17, 15) is 13.6 Å². The van der Waals surface area contributed by atoms with Gasteiger partial charge in [-0.15, -0.1) is 0 Å². The second-order valence-electron chi connectivity index (χ2n) is 3.72. The Bertz CT molecular complexity index is 365. The number of alkyl halides is 2. The first-order valence-electron chi connectivity index (χ1n) is 5.21. The molecule has 1 atom stereocenters. The second kappa shape index (κ2) is 6.18. The van der Waals surface area contributed by atoms with Crippen molar-refractivity contribution in [1.29, 1.82) is 0 Å². The SMILES string of the molecule is COc1ccc(N[C@@H](CC(C)=O)C(F)F)cc1. The molecule has 0 saturated heterocycles. The quantitative estimate of drug-likeness (QED) is 0.834. The van der Waals surface area contributed by atoms with Gasteiger partial charge in [0.15, 0.2) is 0 Å². The lowest BCUT2D eigenvalue weighted by Crippen LogP contribution is -2.29. The van der Waals surface area contributed by atoms with E-state index < -0.39 is 12.5 Å². The molecule has 94 valence electrons. The van der Waals surface area contributed by atoms with Gasteiger partial charge in [0.1, 0.15) is 11.5 Å². The van der Waals surface area contributed by atoms with Crippen molar-refractivity contribution in [3.63, 3.8) is 0 Å². The summed E-state index contributed by atoms with van der Waals surface area (Å²) in [6, 6.07) is 5.45. The lowest BCUT2D eigenvalue weighted by Gasteiger charge is -2.17. The molecule has 0 saturated carbocycles. The summed E-state index contributed by atoms with van der Waals surface area (Å²) >= 11 is 0. The van der Waals surface area contributed by atoms with Gasteiger partial charge in [-0.1, -0.05) is 0 Å². The zero-order valence-electron chi connectivity index (χ0n) is 9.74. The Balaban J connectivity index is 2.68. The van der Waals surface area contributed by atoms with Crippen molar-refractivity contribution in [3.8, 4) is 5.75 Å². The van der Waals surface area contributed by atoms with Crippen LogP contribution < -0.4 is 10.1 Å². The van der Waals surface area contributed by atoms with Crippen LogP contribution in [0.25, 0.3) is 0 Å². The Morgan fingerprint density at radius 2 is 1.94 bits per heavy atom. The summed E-state index contributed by atoms with van der Waals surface area (Å²) in [5.74, 6) is 0.382. The molecule has 0 aromatic heterocycles. The lowest BCUT2D eigenvalue weighted by atomic mass is 10.1. The third-order valence-corrected chi connectivity index (χ3v) is 2.25. The molecule has 0 fully saturated rings. The maximum absolute atomic E-state index is 12.7. The van der Waals surface area contributed by atoms with Gasteiger partial charge in [-0.25, -0.2) is 8.78 Å². The number of hydrogen-bond donors (Lipinski definition) is 1. The van der Waals surface area contributed by atoms with E-state index in [2.05, 4.69) is 5.32 Å². The van der Waals surface area contributed by atoms with Gasteiger partial charge >= 0.3 is 0 Å². The Morgan fingerprint density at radius 3 is 2.35 bits per heavy atom. The summed E-state index contributed by atoms with van der Waals surface area (Å²) in [5, 5.41) is 2.63. The maximum atomic E-state index is 12.7. The highest BCUT2D eigenvalue weighted by Gasteiger charge is 2.21. The molecule has 3 nitrogen and oxygen atoms in total. The zero-order valence-corrected chi connectivity index (χ0v) is 9.74. The molecule has 0 aliphatic heterocycles. The van der Waals surface area contributed by atoms with Crippen molar-refractivity contribution in [1.82, 2.24) is 0 Å². The minimum Gasteiger partial charge on any atom is -0.497 e. The van der Waals surface area contributed by atoms with E-state index in [1.807, 2.05) is 0 Å². The van der Waals surface area contributed by atoms with Crippen molar-refractivity contribution in [2.45, 2.75) is 25.8 Å². The van der Waals surface area contributed by atoms with Crippen LogP contribution in [0.5, 0.6) is 5.75 Å². The summed E-state index contributed by atoms with van der Waals surface area (Å²) in [6.07, 6.45) is -2.77. The molecule has 0 heterocycles. The van der Waals surface area contributed by atoms with Crippen molar-refractivity contribution in [2.75, 3.05) is 12.4 Å². The van der Waals surface area contributed by atoms with Crippen LogP contribution in [0.4, 0.5) is 14.5 Å². The van der Waals surface area contributed by atoms with Gasteiger partial charge in [0.25, 0.3) is 6.43 Å². The first-order chi connectivity index (χ1) is 8.02. The van der Waals surface area contributed by atoms with Gasteiger partial charge in [0, 0.05) is 12.1 Å². The van der Waals surface area contributed by atoms with Gasteiger partial charge in [-0.2, -0.15) is 0 Å². The third kappa shape index (κ3) is 4.38.